The fourth-order valence-corrected chi connectivity index (χ4v) is 5.93. The molecule has 0 aliphatic carbocycles. The summed E-state index contributed by atoms with van der Waals surface area (Å²) < 4.78 is 0. The molecule has 0 saturated heterocycles. The van der Waals surface area contributed by atoms with E-state index in [1.54, 1.807) is 0 Å². The average Bonchev–Trinajstić information content (AvgIpc) is 3.14. The summed E-state index contributed by atoms with van der Waals surface area (Å²) in [6.45, 7) is 18.0. The van der Waals surface area contributed by atoms with Gasteiger partial charge in [0.2, 0.25) is 0 Å². The largest absolute Gasteiger partial charge is 0.279 e. The van der Waals surface area contributed by atoms with Gasteiger partial charge in [-0.1, -0.05) is 97.9 Å². The number of hydrogen-bond acceptors (Lipinski definition) is 5. The van der Waals surface area contributed by atoms with Gasteiger partial charge >= 0.3 is 0 Å². The molecule has 0 saturated carbocycles. The van der Waals surface area contributed by atoms with Crippen LogP contribution in [0.1, 0.15) is 127 Å². The number of benzene rings is 2. The molecule has 3 heterocycles. The first-order valence-corrected chi connectivity index (χ1v) is 18.0. The summed E-state index contributed by atoms with van der Waals surface area (Å²) >= 11 is 0. The predicted molar refractivity (Wildman–Crippen MR) is 204 cm³/mol. The van der Waals surface area contributed by atoms with Crippen molar-refractivity contribution in [3.63, 3.8) is 0 Å². The Hall–Kier alpha value is -4.51. The van der Waals surface area contributed by atoms with Crippen LogP contribution in [0.4, 0.5) is 34.6 Å². The SMILES string of the molecule is CCC(C)c1cccc(N(c2cccc(C(C)CC)n2)c2cccc(N(c3cccc(C(C)CC)c3)c3cccc(C(C)CC)n3)n2)c1. The Morgan fingerprint density at radius 2 is 0.750 bits per heavy atom. The second-order valence-corrected chi connectivity index (χ2v) is 13.3. The van der Waals surface area contributed by atoms with Crippen LogP contribution in [0.15, 0.2) is 103 Å². The van der Waals surface area contributed by atoms with Crippen molar-refractivity contribution in [2.24, 2.45) is 0 Å². The third-order valence-electron chi connectivity index (χ3n) is 10.0. The van der Waals surface area contributed by atoms with Crippen molar-refractivity contribution in [3.05, 3.63) is 126 Å². The topological polar surface area (TPSA) is 45.2 Å². The summed E-state index contributed by atoms with van der Waals surface area (Å²) in [6.07, 6.45) is 4.21. The lowest BCUT2D eigenvalue weighted by molar-refractivity contribution is 0.707. The van der Waals surface area contributed by atoms with Crippen molar-refractivity contribution in [1.82, 2.24) is 15.0 Å². The van der Waals surface area contributed by atoms with Crippen molar-refractivity contribution in [2.45, 2.75) is 105 Å². The summed E-state index contributed by atoms with van der Waals surface area (Å²) in [6, 6.07) is 36.7. The number of aromatic nitrogens is 3. The van der Waals surface area contributed by atoms with Crippen LogP contribution in [0.3, 0.4) is 0 Å². The molecule has 4 unspecified atom stereocenters. The van der Waals surface area contributed by atoms with Gasteiger partial charge in [-0.3, -0.25) is 9.80 Å². The van der Waals surface area contributed by atoms with Gasteiger partial charge in [0, 0.05) is 22.8 Å². The van der Waals surface area contributed by atoms with Gasteiger partial charge in [-0.2, -0.15) is 0 Å². The quantitative estimate of drug-likeness (QED) is 0.121. The maximum absolute atomic E-state index is 5.43. The van der Waals surface area contributed by atoms with Gasteiger partial charge in [0.25, 0.3) is 0 Å². The molecule has 5 heteroatoms. The normalized spacial score (nSPS) is 13.8. The van der Waals surface area contributed by atoms with Crippen LogP contribution >= 0.6 is 0 Å². The molecular weight excluding hydrogens is 587 g/mol. The molecule has 4 atom stereocenters. The third kappa shape index (κ3) is 7.78. The van der Waals surface area contributed by atoms with Crippen molar-refractivity contribution in [3.8, 4) is 0 Å². The van der Waals surface area contributed by atoms with Crippen LogP contribution in [-0.2, 0) is 0 Å². The molecule has 0 N–H and O–H groups in total. The van der Waals surface area contributed by atoms with Crippen molar-refractivity contribution < 1.29 is 0 Å². The lowest BCUT2D eigenvalue weighted by atomic mass is 9.98. The van der Waals surface area contributed by atoms with Crippen molar-refractivity contribution in [2.75, 3.05) is 9.80 Å². The number of rotatable bonds is 14. The summed E-state index contributed by atoms with van der Waals surface area (Å²) in [5, 5.41) is 0. The fraction of sp³-hybridized carbons (Fsp3) is 0.372. The monoisotopic (exact) mass is 639 g/mol. The second kappa shape index (κ2) is 16.1. The molecule has 0 aliphatic rings. The Kier molecular flexibility index (Phi) is 11.6. The maximum atomic E-state index is 5.43. The van der Waals surface area contributed by atoms with Gasteiger partial charge in [0.05, 0.1) is 0 Å². The van der Waals surface area contributed by atoms with E-state index in [4.69, 9.17) is 15.0 Å². The van der Waals surface area contributed by atoms with E-state index in [0.717, 1.165) is 71.7 Å². The van der Waals surface area contributed by atoms with E-state index < -0.39 is 0 Å². The van der Waals surface area contributed by atoms with Gasteiger partial charge in [0.15, 0.2) is 0 Å². The maximum Gasteiger partial charge on any atom is 0.141 e. The molecule has 2 aromatic carbocycles. The van der Waals surface area contributed by atoms with Crippen molar-refractivity contribution >= 4 is 34.6 Å². The van der Waals surface area contributed by atoms with E-state index in [0.29, 0.717) is 23.7 Å². The van der Waals surface area contributed by atoms with E-state index in [1.807, 2.05) is 0 Å². The zero-order chi connectivity index (χ0) is 34.2. The van der Waals surface area contributed by atoms with Crippen molar-refractivity contribution in [1.29, 1.82) is 0 Å². The zero-order valence-corrected chi connectivity index (χ0v) is 30.2. The average molecular weight is 640 g/mol. The van der Waals surface area contributed by atoms with E-state index in [2.05, 4.69) is 168 Å². The summed E-state index contributed by atoms with van der Waals surface area (Å²) in [7, 11) is 0. The Balaban J connectivity index is 1.71. The molecule has 0 amide bonds. The highest BCUT2D eigenvalue weighted by Crippen LogP contribution is 2.39. The first-order chi connectivity index (χ1) is 23.3. The second-order valence-electron chi connectivity index (χ2n) is 13.3. The molecule has 3 aromatic heterocycles. The Bertz CT molecular complexity index is 1550. The molecule has 5 nitrogen and oxygen atoms in total. The third-order valence-corrected chi connectivity index (χ3v) is 10.0. The summed E-state index contributed by atoms with van der Waals surface area (Å²) in [5.74, 6) is 4.95. The molecule has 0 spiro atoms. The lowest BCUT2D eigenvalue weighted by Gasteiger charge is -2.28. The van der Waals surface area contributed by atoms with Gasteiger partial charge in [-0.15, -0.1) is 0 Å². The first-order valence-electron chi connectivity index (χ1n) is 18.0. The van der Waals surface area contributed by atoms with E-state index >= 15 is 0 Å². The highest BCUT2D eigenvalue weighted by atomic mass is 15.3. The highest BCUT2D eigenvalue weighted by Gasteiger charge is 2.22. The number of nitrogens with zero attached hydrogens (tertiary/aromatic N) is 5. The van der Waals surface area contributed by atoms with Crippen LogP contribution in [-0.4, -0.2) is 15.0 Å². The minimum atomic E-state index is 0.356. The van der Waals surface area contributed by atoms with E-state index in [1.165, 1.54) is 11.1 Å². The molecule has 5 aromatic rings. The fourth-order valence-electron chi connectivity index (χ4n) is 5.93. The minimum absolute atomic E-state index is 0.356. The smallest absolute Gasteiger partial charge is 0.141 e. The van der Waals surface area contributed by atoms with Gasteiger partial charge < -0.3 is 0 Å². The van der Waals surface area contributed by atoms with Crippen LogP contribution in [0.2, 0.25) is 0 Å². The van der Waals surface area contributed by atoms with E-state index in [9.17, 15) is 0 Å². The Morgan fingerprint density at radius 3 is 1.12 bits per heavy atom. The van der Waals surface area contributed by atoms with Gasteiger partial charge in [-0.05, 0) is 121 Å². The predicted octanol–water partition coefficient (Wildman–Crippen LogP) is 12.9. The number of pyridine rings is 3. The summed E-state index contributed by atoms with van der Waals surface area (Å²) in [4.78, 5) is 20.3. The zero-order valence-electron chi connectivity index (χ0n) is 30.2. The Morgan fingerprint density at radius 1 is 0.417 bits per heavy atom. The molecule has 5 rings (SSSR count). The van der Waals surface area contributed by atoms with Crippen LogP contribution in [0, 0.1) is 0 Å². The van der Waals surface area contributed by atoms with Gasteiger partial charge in [-0.25, -0.2) is 15.0 Å². The van der Waals surface area contributed by atoms with Crippen LogP contribution < -0.4 is 9.80 Å². The molecule has 0 aliphatic heterocycles. The number of hydrogen-bond donors (Lipinski definition) is 0. The van der Waals surface area contributed by atoms with Crippen LogP contribution in [0.25, 0.3) is 0 Å². The van der Waals surface area contributed by atoms with Crippen LogP contribution in [0.5, 0.6) is 0 Å². The molecule has 0 bridgehead atoms. The molecule has 0 radical (unpaired) electrons. The molecule has 250 valence electrons. The number of anilines is 6. The summed E-state index contributed by atoms with van der Waals surface area (Å²) in [5.41, 5.74) is 6.89. The lowest BCUT2D eigenvalue weighted by Crippen LogP contribution is -2.18. The first kappa shape index (κ1) is 34.8. The molecule has 0 fully saturated rings. The van der Waals surface area contributed by atoms with E-state index in [-0.39, 0.29) is 0 Å². The molecular formula is C43H53N5. The Labute approximate surface area is 289 Å². The molecule has 48 heavy (non-hydrogen) atoms. The highest BCUT2D eigenvalue weighted by molar-refractivity contribution is 5.77. The standard InChI is InChI=1S/C43H53N5/c1-9-30(5)34-18-13-20-36(28-34)47(40-24-15-22-38(44-40)32(7)11-3)42-26-17-27-43(46-42)48(37-21-14-19-35(29-37)31(6)10-2)41-25-16-23-39(45-41)33(8)12-4/h13-33H,9-12H2,1-8H3. The van der Waals surface area contributed by atoms with Gasteiger partial charge in [0.1, 0.15) is 23.3 Å². The minimum Gasteiger partial charge on any atom is -0.279 e.